The van der Waals surface area contributed by atoms with E-state index in [1.54, 1.807) is 11.0 Å². The van der Waals surface area contributed by atoms with Crippen molar-refractivity contribution in [3.05, 3.63) is 12.7 Å². The zero-order valence-corrected chi connectivity index (χ0v) is 6.94. The van der Waals surface area contributed by atoms with Gasteiger partial charge in [0.2, 0.25) is 0 Å². The maximum absolute atomic E-state index is 5.82. The summed E-state index contributed by atoms with van der Waals surface area (Å²) < 4.78 is 1.75. The summed E-state index contributed by atoms with van der Waals surface area (Å²) in [7, 11) is 0. The summed E-state index contributed by atoms with van der Waals surface area (Å²) >= 11 is 0. The topological polar surface area (TPSA) is 56.7 Å². The van der Waals surface area contributed by atoms with Crippen LogP contribution in [0.5, 0.6) is 0 Å². The van der Waals surface area contributed by atoms with Gasteiger partial charge >= 0.3 is 0 Å². The highest BCUT2D eigenvalue weighted by molar-refractivity contribution is 4.67. The summed E-state index contributed by atoms with van der Waals surface area (Å²) in [5.74, 6) is 0.485. The number of nitrogens with zero attached hydrogens (tertiary/aromatic N) is 3. The van der Waals surface area contributed by atoms with Crippen molar-refractivity contribution in [3.63, 3.8) is 0 Å². The molecule has 4 heteroatoms. The van der Waals surface area contributed by atoms with Crippen molar-refractivity contribution in [1.29, 1.82) is 0 Å². The van der Waals surface area contributed by atoms with Gasteiger partial charge in [-0.3, -0.25) is 4.68 Å². The van der Waals surface area contributed by atoms with Gasteiger partial charge < -0.3 is 5.73 Å². The molecule has 0 fully saturated rings. The lowest BCUT2D eigenvalue weighted by molar-refractivity contribution is 0.413. The molecule has 0 aliphatic rings. The Morgan fingerprint density at radius 1 is 1.55 bits per heavy atom. The van der Waals surface area contributed by atoms with E-state index in [2.05, 4.69) is 23.9 Å². The summed E-state index contributed by atoms with van der Waals surface area (Å²) in [6.45, 7) is 4.95. The second kappa shape index (κ2) is 3.48. The number of rotatable bonds is 3. The first-order valence-electron chi connectivity index (χ1n) is 3.78. The third-order valence-electron chi connectivity index (χ3n) is 1.72. The minimum atomic E-state index is 0.164. The molecule has 1 aromatic rings. The molecule has 4 nitrogen and oxygen atoms in total. The van der Waals surface area contributed by atoms with Crippen LogP contribution in [0.2, 0.25) is 0 Å². The monoisotopic (exact) mass is 154 g/mol. The van der Waals surface area contributed by atoms with Crippen LogP contribution in [-0.2, 0) is 6.54 Å². The molecule has 1 aromatic heterocycles. The summed E-state index contributed by atoms with van der Waals surface area (Å²) in [6.07, 6.45) is 3.20. The molecule has 1 atom stereocenters. The maximum Gasteiger partial charge on any atom is 0.137 e. The van der Waals surface area contributed by atoms with Gasteiger partial charge in [0.05, 0.1) is 6.54 Å². The fourth-order valence-electron chi connectivity index (χ4n) is 0.754. The third-order valence-corrected chi connectivity index (χ3v) is 1.72. The van der Waals surface area contributed by atoms with Crippen molar-refractivity contribution in [3.8, 4) is 0 Å². The Labute approximate surface area is 66.4 Å². The number of hydrogen-bond acceptors (Lipinski definition) is 3. The first-order valence-corrected chi connectivity index (χ1v) is 3.78. The van der Waals surface area contributed by atoms with Crippen LogP contribution in [0.3, 0.4) is 0 Å². The Balaban J connectivity index is 2.43. The van der Waals surface area contributed by atoms with Gasteiger partial charge in [-0.1, -0.05) is 13.8 Å². The smallest absolute Gasteiger partial charge is 0.137 e. The van der Waals surface area contributed by atoms with Crippen molar-refractivity contribution in [2.75, 3.05) is 0 Å². The number of nitrogens with two attached hydrogens (primary N) is 1. The van der Waals surface area contributed by atoms with Crippen molar-refractivity contribution in [2.45, 2.75) is 26.4 Å². The average Bonchev–Trinajstić information content (AvgIpc) is 2.39. The molecule has 1 unspecified atom stereocenters. The third kappa shape index (κ3) is 2.31. The molecule has 0 amide bonds. The fraction of sp³-hybridized carbons (Fsp3) is 0.714. The second-order valence-electron chi connectivity index (χ2n) is 3.03. The molecule has 0 saturated heterocycles. The normalized spacial score (nSPS) is 13.8. The molecule has 1 heterocycles. The Morgan fingerprint density at radius 3 is 2.73 bits per heavy atom. The van der Waals surface area contributed by atoms with Gasteiger partial charge in [0.25, 0.3) is 0 Å². The highest BCUT2D eigenvalue weighted by Gasteiger charge is 2.07. The van der Waals surface area contributed by atoms with Crippen LogP contribution in [0.25, 0.3) is 0 Å². The zero-order valence-electron chi connectivity index (χ0n) is 6.94. The van der Waals surface area contributed by atoms with Gasteiger partial charge in [-0.2, -0.15) is 5.10 Å². The average molecular weight is 154 g/mol. The van der Waals surface area contributed by atoms with E-state index in [0.717, 1.165) is 6.54 Å². The van der Waals surface area contributed by atoms with Crippen LogP contribution in [-0.4, -0.2) is 20.8 Å². The quantitative estimate of drug-likeness (QED) is 0.679. The van der Waals surface area contributed by atoms with E-state index in [9.17, 15) is 0 Å². The first-order chi connectivity index (χ1) is 5.20. The molecule has 0 aromatic carbocycles. The Bertz CT molecular complexity index is 192. The molecule has 0 aliphatic heterocycles. The number of aromatic nitrogens is 3. The van der Waals surface area contributed by atoms with Crippen LogP contribution in [0, 0.1) is 5.92 Å². The van der Waals surface area contributed by atoms with E-state index in [1.807, 2.05) is 0 Å². The highest BCUT2D eigenvalue weighted by atomic mass is 15.3. The minimum absolute atomic E-state index is 0.164. The van der Waals surface area contributed by atoms with Crippen LogP contribution in [0.15, 0.2) is 12.7 Å². The Hall–Kier alpha value is -0.900. The Morgan fingerprint density at radius 2 is 2.27 bits per heavy atom. The SMILES string of the molecule is CC(C)C(N)Cn1cncn1. The molecular formula is C7H14N4. The van der Waals surface area contributed by atoms with E-state index in [4.69, 9.17) is 5.73 Å². The van der Waals surface area contributed by atoms with E-state index in [1.165, 1.54) is 6.33 Å². The van der Waals surface area contributed by atoms with Crippen LogP contribution in [0.4, 0.5) is 0 Å². The highest BCUT2D eigenvalue weighted by Crippen LogP contribution is 1.99. The van der Waals surface area contributed by atoms with Gasteiger partial charge in [0, 0.05) is 6.04 Å². The van der Waals surface area contributed by atoms with Gasteiger partial charge in [0.1, 0.15) is 12.7 Å². The molecular weight excluding hydrogens is 140 g/mol. The summed E-state index contributed by atoms with van der Waals surface area (Å²) in [6, 6.07) is 0.164. The van der Waals surface area contributed by atoms with Crippen LogP contribution in [0.1, 0.15) is 13.8 Å². The molecule has 0 saturated carbocycles. The van der Waals surface area contributed by atoms with Gasteiger partial charge in [0.15, 0.2) is 0 Å². The van der Waals surface area contributed by atoms with Gasteiger partial charge in [-0.25, -0.2) is 4.98 Å². The first kappa shape index (κ1) is 8.20. The Kier molecular flexibility index (Phi) is 2.59. The zero-order chi connectivity index (χ0) is 8.27. The summed E-state index contributed by atoms with van der Waals surface area (Å²) in [5.41, 5.74) is 5.82. The summed E-state index contributed by atoms with van der Waals surface area (Å²) in [5, 5.41) is 3.96. The molecule has 62 valence electrons. The molecule has 1 rings (SSSR count). The predicted octanol–water partition coefficient (Wildman–Crippen LogP) is 0.261. The van der Waals surface area contributed by atoms with Crippen LogP contribution >= 0.6 is 0 Å². The molecule has 2 N–H and O–H groups in total. The molecule has 11 heavy (non-hydrogen) atoms. The lowest BCUT2D eigenvalue weighted by Gasteiger charge is -2.14. The lowest BCUT2D eigenvalue weighted by Crippen LogP contribution is -2.31. The maximum atomic E-state index is 5.82. The standard InChI is InChI=1S/C7H14N4/c1-6(2)7(8)3-11-5-9-4-10-11/h4-7H,3,8H2,1-2H3. The second-order valence-corrected chi connectivity index (χ2v) is 3.03. The summed E-state index contributed by atoms with van der Waals surface area (Å²) in [4.78, 5) is 3.83. The molecule has 0 spiro atoms. The molecule has 0 bridgehead atoms. The van der Waals surface area contributed by atoms with Crippen molar-refractivity contribution < 1.29 is 0 Å². The predicted molar refractivity (Wildman–Crippen MR) is 42.8 cm³/mol. The van der Waals surface area contributed by atoms with E-state index in [-0.39, 0.29) is 6.04 Å². The van der Waals surface area contributed by atoms with E-state index < -0.39 is 0 Å². The van der Waals surface area contributed by atoms with Gasteiger partial charge in [-0.05, 0) is 5.92 Å². The lowest BCUT2D eigenvalue weighted by atomic mass is 10.1. The number of hydrogen-bond donors (Lipinski definition) is 1. The minimum Gasteiger partial charge on any atom is -0.326 e. The van der Waals surface area contributed by atoms with Crippen molar-refractivity contribution in [1.82, 2.24) is 14.8 Å². The largest absolute Gasteiger partial charge is 0.326 e. The van der Waals surface area contributed by atoms with Gasteiger partial charge in [-0.15, -0.1) is 0 Å². The van der Waals surface area contributed by atoms with E-state index >= 15 is 0 Å². The van der Waals surface area contributed by atoms with Crippen molar-refractivity contribution >= 4 is 0 Å². The van der Waals surface area contributed by atoms with E-state index in [0.29, 0.717) is 5.92 Å². The molecule has 0 aliphatic carbocycles. The molecule has 0 radical (unpaired) electrons. The fourth-order valence-corrected chi connectivity index (χ4v) is 0.754. The van der Waals surface area contributed by atoms with Crippen molar-refractivity contribution in [2.24, 2.45) is 11.7 Å². The van der Waals surface area contributed by atoms with Crippen LogP contribution < -0.4 is 5.73 Å².